The minimum atomic E-state index is 0.380. The van der Waals surface area contributed by atoms with Gasteiger partial charge < -0.3 is 4.74 Å². The monoisotopic (exact) mass is 193 g/mol. The number of hydrogen-bond donors (Lipinski definition) is 0. The van der Waals surface area contributed by atoms with Crippen LogP contribution in [0.4, 0.5) is 0 Å². The molecule has 0 saturated carbocycles. The Labute approximate surface area is 79.8 Å². The molecule has 0 atom stereocenters. The first-order chi connectivity index (χ1) is 6.40. The van der Waals surface area contributed by atoms with E-state index in [0.717, 1.165) is 16.2 Å². The molecule has 13 heavy (non-hydrogen) atoms. The van der Waals surface area contributed by atoms with Crippen molar-refractivity contribution in [1.82, 2.24) is 0 Å². The Morgan fingerprint density at radius 2 is 2.54 bits per heavy atom. The van der Waals surface area contributed by atoms with Crippen LogP contribution in [-0.4, -0.2) is 12.0 Å². The van der Waals surface area contributed by atoms with Gasteiger partial charge in [-0.1, -0.05) is 17.8 Å². The van der Waals surface area contributed by atoms with Gasteiger partial charge in [0.2, 0.25) is 6.08 Å². The number of ether oxygens (including phenoxy) is 1. The summed E-state index contributed by atoms with van der Waals surface area (Å²) in [5.41, 5.74) is 0.976. The first-order valence-corrected chi connectivity index (χ1v) is 4.81. The van der Waals surface area contributed by atoms with Crippen LogP contribution in [0.15, 0.2) is 28.1 Å². The molecular formula is C9H7NO2S. The highest BCUT2D eigenvalue weighted by molar-refractivity contribution is 7.99. The molecular weight excluding hydrogens is 186 g/mol. The first-order valence-electron chi connectivity index (χ1n) is 3.82. The molecule has 66 valence electrons. The van der Waals surface area contributed by atoms with Crippen molar-refractivity contribution < 1.29 is 9.53 Å². The lowest BCUT2D eigenvalue weighted by atomic mass is 10.2. The van der Waals surface area contributed by atoms with Crippen LogP contribution in [0.2, 0.25) is 0 Å². The maximum atomic E-state index is 9.88. The summed E-state index contributed by atoms with van der Waals surface area (Å²) in [6.45, 7) is 0.380. The zero-order valence-corrected chi connectivity index (χ0v) is 7.63. The van der Waals surface area contributed by atoms with Crippen LogP contribution in [0.5, 0.6) is 5.75 Å². The lowest BCUT2D eigenvalue weighted by molar-refractivity contribution is 0.397. The second-order valence-corrected chi connectivity index (χ2v) is 3.56. The van der Waals surface area contributed by atoms with Crippen molar-refractivity contribution in [2.24, 2.45) is 4.99 Å². The van der Waals surface area contributed by atoms with Crippen molar-refractivity contribution in [3.8, 4) is 5.75 Å². The van der Waals surface area contributed by atoms with Gasteiger partial charge in [-0.15, -0.1) is 0 Å². The Morgan fingerprint density at radius 3 is 3.38 bits per heavy atom. The van der Waals surface area contributed by atoms with Crippen LogP contribution < -0.4 is 4.74 Å². The summed E-state index contributed by atoms with van der Waals surface area (Å²) in [5, 5.41) is 0. The quantitative estimate of drug-likeness (QED) is 0.532. The van der Waals surface area contributed by atoms with E-state index < -0.39 is 0 Å². The van der Waals surface area contributed by atoms with E-state index in [1.54, 1.807) is 11.8 Å². The lowest BCUT2D eigenvalue weighted by Gasteiger charge is -1.99. The average molecular weight is 193 g/mol. The Hall–Kier alpha value is -1.25. The molecule has 0 saturated heterocycles. The molecule has 0 N–H and O–H groups in total. The Balaban J connectivity index is 2.25. The summed E-state index contributed by atoms with van der Waals surface area (Å²) in [4.78, 5) is 14.5. The third-order valence-electron chi connectivity index (χ3n) is 1.76. The molecule has 0 amide bonds. The molecule has 1 aromatic carbocycles. The highest BCUT2D eigenvalue weighted by Crippen LogP contribution is 2.36. The molecule has 3 nitrogen and oxygen atoms in total. The van der Waals surface area contributed by atoms with Gasteiger partial charge in [-0.2, -0.15) is 0 Å². The van der Waals surface area contributed by atoms with Crippen LogP contribution in [0.3, 0.4) is 0 Å². The smallest absolute Gasteiger partial charge is 0.235 e. The van der Waals surface area contributed by atoms with E-state index in [2.05, 4.69) is 4.99 Å². The molecule has 1 heterocycles. The van der Waals surface area contributed by atoms with Gasteiger partial charge in [0.05, 0.1) is 11.4 Å². The Morgan fingerprint density at radius 1 is 1.62 bits per heavy atom. The summed E-state index contributed by atoms with van der Waals surface area (Å²) >= 11 is 1.67. The predicted octanol–water partition coefficient (Wildman–Crippen LogP) is 1.96. The van der Waals surface area contributed by atoms with E-state index in [4.69, 9.17) is 4.74 Å². The van der Waals surface area contributed by atoms with Crippen molar-refractivity contribution in [1.29, 1.82) is 0 Å². The SMILES string of the molecule is O=C=NCc1ccc2c(c1)OCS2. The van der Waals surface area contributed by atoms with Gasteiger partial charge >= 0.3 is 0 Å². The zero-order chi connectivity index (χ0) is 9.10. The second kappa shape index (κ2) is 3.64. The van der Waals surface area contributed by atoms with E-state index in [9.17, 15) is 4.79 Å². The fourth-order valence-corrected chi connectivity index (χ4v) is 1.90. The molecule has 0 fully saturated rings. The van der Waals surface area contributed by atoms with Gasteiger partial charge in [0.25, 0.3) is 0 Å². The summed E-state index contributed by atoms with van der Waals surface area (Å²) < 4.78 is 5.34. The number of carbonyl (C=O) groups excluding carboxylic acids is 1. The molecule has 2 rings (SSSR count). The number of fused-ring (bicyclic) bond motifs is 1. The topological polar surface area (TPSA) is 38.7 Å². The molecule has 1 aliphatic rings. The largest absolute Gasteiger partial charge is 0.481 e. The van der Waals surface area contributed by atoms with E-state index in [-0.39, 0.29) is 0 Å². The van der Waals surface area contributed by atoms with E-state index in [0.29, 0.717) is 12.5 Å². The first kappa shape index (κ1) is 8.35. The molecule has 0 aromatic heterocycles. The zero-order valence-electron chi connectivity index (χ0n) is 6.82. The number of nitrogens with zero attached hydrogens (tertiary/aromatic N) is 1. The number of isocyanates is 1. The highest BCUT2D eigenvalue weighted by atomic mass is 32.2. The summed E-state index contributed by atoms with van der Waals surface area (Å²) in [6.07, 6.45) is 1.51. The molecule has 4 heteroatoms. The van der Waals surface area contributed by atoms with Crippen molar-refractivity contribution >= 4 is 17.8 Å². The molecule has 0 unspecified atom stereocenters. The number of benzene rings is 1. The van der Waals surface area contributed by atoms with Gasteiger partial charge in [0.1, 0.15) is 11.7 Å². The van der Waals surface area contributed by atoms with Crippen LogP contribution in [-0.2, 0) is 11.3 Å². The van der Waals surface area contributed by atoms with E-state index >= 15 is 0 Å². The molecule has 1 aromatic rings. The predicted molar refractivity (Wildman–Crippen MR) is 49.6 cm³/mol. The Bertz CT molecular complexity index is 372. The Kier molecular flexibility index (Phi) is 2.34. The van der Waals surface area contributed by atoms with Gasteiger partial charge in [-0.25, -0.2) is 9.79 Å². The van der Waals surface area contributed by atoms with Crippen LogP contribution in [0.25, 0.3) is 0 Å². The van der Waals surface area contributed by atoms with Gasteiger partial charge in [0.15, 0.2) is 0 Å². The van der Waals surface area contributed by atoms with Crippen molar-refractivity contribution in [2.75, 3.05) is 5.94 Å². The van der Waals surface area contributed by atoms with Crippen LogP contribution in [0, 0.1) is 0 Å². The summed E-state index contributed by atoms with van der Waals surface area (Å²) in [5.74, 6) is 1.57. The van der Waals surface area contributed by atoms with Crippen molar-refractivity contribution in [3.05, 3.63) is 23.8 Å². The fraction of sp³-hybridized carbons (Fsp3) is 0.222. The average Bonchev–Trinajstić information content (AvgIpc) is 2.61. The van der Waals surface area contributed by atoms with E-state index in [1.165, 1.54) is 6.08 Å². The number of thioether (sulfide) groups is 1. The standard InChI is InChI=1S/C9H7NO2S/c11-5-10-4-7-1-2-9-8(3-7)12-6-13-9/h1-3H,4,6H2. The van der Waals surface area contributed by atoms with Crippen molar-refractivity contribution in [3.63, 3.8) is 0 Å². The lowest BCUT2D eigenvalue weighted by Crippen LogP contribution is -1.85. The van der Waals surface area contributed by atoms with Gasteiger partial charge in [-0.3, -0.25) is 0 Å². The third kappa shape index (κ3) is 1.74. The second-order valence-electron chi connectivity index (χ2n) is 2.60. The van der Waals surface area contributed by atoms with Crippen molar-refractivity contribution in [2.45, 2.75) is 11.4 Å². The maximum absolute atomic E-state index is 9.88. The van der Waals surface area contributed by atoms with E-state index in [1.807, 2.05) is 18.2 Å². The minimum absolute atomic E-state index is 0.380. The molecule has 0 radical (unpaired) electrons. The highest BCUT2D eigenvalue weighted by Gasteiger charge is 2.12. The maximum Gasteiger partial charge on any atom is 0.235 e. The molecule has 1 aliphatic heterocycles. The number of rotatable bonds is 2. The van der Waals surface area contributed by atoms with Gasteiger partial charge in [-0.05, 0) is 17.7 Å². The minimum Gasteiger partial charge on any atom is -0.481 e. The molecule has 0 bridgehead atoms. The van der Waals surface area contributed by atoms with Gasteiger partial charge in [0, 0.05) is 0 Å². The normalized spacial score (nSPS) is 12.9. The summed E-state index contributed by atoms with van der Waals surface area (Å²) in [7, 11) is 0. The van der Waals surface area contributed by atoms with Crippen LogP contribution in [0.1, 0.15) is 5.56 Å². The molecule has 0 spiro atoms. The molecule has 0 aliphatic carbocycles. The third-order valence-corrected chi connectivity index (χ3v) is 2.65. The number of hydrogen-bond acceptors (Lipinski definition) is 4. The fourth-order valence-electron chi connectivity index (χ4n) is 1.16. The summed E-state index contributed by atoms with van der Waals surface area (Å²) in [6, 6.07) is 5.85. The van der Waals surface area contributed by atoms with Crippen LogP contribution >= 0.6 is 11.8 Å². The number of aliphatic imine (C=N–C) groups is 1.